The van der Waals surface area contributed by atoms with E-state index in [1.165, 1.54) is 30.3 Å². The van der Waals surface area contributed by atoms with Crippen molar-refractivity contribution < 1.29 is 18.1 Å². The first-order valence-corrected chi connectivity index (χ1v) is 10.5. The van der Waals surface area contributed by atoms with Crippen LogP contribution in [0.25, 0.3) is 0 Å². The third-order valence-corrected chi connectivity index (χ3v) is 6.08. The molecule has 30 heavy (non-hydrogen) atoms. The number of carbonyl (C=O) groups excluding carboxylic acids is 1. The van der Waals surface area contributed by atoms with Gasteiger partial charge in [-0.25, -0.2) is 8.42 Å². The van der Waals surface area contributed by atoms with Crippen molar-refractivity contribution in [3.8, 4) is 0 Å². The van der Waals surface area contributed by atoms with Gasteiger partial charge in [0.05, 0.1) is 31.2 Å². The van der Waals surface area contributed by atoms with Crippen molar-refractivity contribution in [2.24, 2.45) is 0 Å². The van der Waals surface area contributed by atoms with Gasteiger partial charge in [0.25, 0.3) is 21.6 Å². The highest BCUT2D eigenvalue weighted by atomic mass is 35.5. The zero-order chi connectivity index (χ0) is 21.9. The molecule has 0 heterocycles. The number of nitro benzene ring substituents is 1. The SMILES string of the molecule is O=C(Nc1ccccc1NS(=O)(=O)c1ccc([N+](=O)[O-])cc1)c1ccc(Cl)c(Cl)c1. The fraction of sp³-hybridized carbons (Fsp3) is 0. The number of carbonyl (C=O) groups is 1. The Morgan fingerprint density at radius 2 is 1.53 bits per heavy atom. The van der Waals surface area contributed by atoms with Gasteiger partial charge in [-0.05, 0) is 42.5 Å². The van der Waals surface area contributed by atoms with Crippen LogP contribution in [0.4, 0.5) is 17.1 Å². The number of hydrogen-bond acceptors (Lipinski definition) is 5. The van der Waals surface area contributed by atoms with Crippen molar-refractivity contribution in [3.05, 3.63) is 92.5 Å². The molecule has 0 radical (unpaired) electrons. The quantitative estimate of drug-likeness (QED) is 0.394. The fourth-order valence-corrected chi connectivity index (χ4v) is 3.84. The monoisotopic (exact) mass is 465 g/mol. The highest BCUT2D eigenvalue weighted by Crippen LogP contribution is 2.27. The van der Waals surface area contributed by atoms with Crippen LogP contribution in [0.1, 0.15) is 10.4 Å². The lowest BCUT2D eigenvalue weighted by molar-refractivity contribution is -0.384. The number of para-hydroxylation sites is 2. The third kappa shape index (κ3) is 4.88. The van der Waals surface area contributed by atoms with Crippen LogP contribution >= 0.6 is 23.2 Å². The second-order valence-corrected chi connectivity index (χ2v) is 8.48. The molecule has 0 saturated carbocycles. The predicted molar refractivity (Wildman–Crippen MR) is 115 cm³/mol. The summed E-state index contributed by atoms with van der Waals surface area (Å²) in [6, 6.07) is 15.0. The Balaban J connectivity index is 1.84. The molecule has 8 nitrogen and oxygen atoms in total. The van der Waals surface area contributed by atoms with Crippen molar-refractivity contribution in [3.63, 3.8) is 0 Å². The van der Waals surface area contributed by atoms with Gasteiger partial charge in [-0.2, -0.15) is 0 Å². The van der Waals surface area contributed by atoms with Crippen LogP contribution in [-0.2, 0) is 10.0 Å². The molecule has 0 bridgehead atoms. The number of amides is 1. The molecule has 3 rings (SSSR count). The largest absolute Gasteiger partial charge is 0.320 e. The Morgan fingerprint density at radius 3 is 2.13 bits per heavy atom. The number of benzene rings is 3. The number of hydrogen-bond donors (Lipinski definition) is 2. The molecular formula is C19H13Cl2N3O5S. The number of sulfonamides is 1. The summed E-state index contributed by atoms with van der Waals surface area (Å²) in [6.07, 6.45) is 0. The van der Waals surface area contributed by atoms with Gasteiger partial charge in [0.2, 0.25) is 0 Å². The van der Waals surface area contributed by atoms with Gasteiger partial charge in [0.1, 0.15) is 0 Å². The van der Waals surface area contributed by atoms with Crippen molar-refractivity contribution >= 4 is 56.2 Å². The summed E-state index contributed by atoms with van der Waals surface area (Å²) in [6.45, 7) is 0. The third-order valence-electron chi connectivity index (χ3n) is 3.96. The van der Waals surface area contributed by atoms with Crippen molar-refractivity contribution in [2.45, 2.75) is 4.90 Å². The fourth-order valence-electron chi connectivity index (χ4n) is 2.46. The number of non-ortho nitro benzene ring substituents is 1. The van der Waals surface area contributed by atoms with Gasteiger partial charge in [0.15, 0.2) is 0 Å². The van der Waals surface area contributed by atoms with Crippen LogP contribution in [0.3, 0.4) is 0 Å². The predicted octanol–water partition coefficient (Wildman–Crippen LogP) is 4.95. The number of anilines is 2. The van der Waals surface area contributed by atoms with Crippen molar-refractivity contribution in [2.75, 3.05) is 10.0 Å². The molecule has 0 aromatic heterocycles. The summed E-state index contributed by atoms with van der Waals surface area (Å²) in [7, 11) is -4.05. The molecule has 0 saturated heterocycles. The van der Waals surface area contributed by atoms with Crippen molar-refractivity contribution in [1.82, 2.24) is 0 Å². The van der Waals surface area contributed by atoms with E-state index >= 15 is 0 Å². The lowest BCUT2D eigenvalue weighted by Crippen LogP contribution is -2.17. The normalized spacial score (nSPS) is 11.0. The van der Waals surface area contributed by atoms with Crippen LogP contribution in [0.5, 0.6) is 0 Å². The average Bonchev–Trinajstić information content (AvgIpc) is 2.71. The molecule has 0 unspecified atom stereocenters. The number of halogens is 2. The summed E-state index contributed by atoms with van der Waals surface area (Å²) in [4.78, 5) is 22.5. The van der Waals surface area contributed by atoms with Crippen LogP contribution in [0.2, 0.25) is 10.0 Å². The van der Waals surface area contributed by atoms with E-state index in [-0.39, 0.29) is 32.5 Å². The van der Waals surface area contributed by atoms with E-state index in [1.807, 2.05) is 0 Å². The summed E-state index contributed by atoms with van der Waals surface area (Å²) in [5.74, 6) is -0.518. The minimum Gasteiger partial charge on any atom is -0.320 e. The Bertz CT molecular complexity index is 1230. The molecular weight excluding hydrogens is 453 g/mol. The van der Waals surface area contributed by atoms with E-state index < -0.39 is 20.9 Å². The van der Waals surface area contributed by atoms with Gasteiger partial charge >= 0.3 is 0 Å². The van der Waals surface area contributed by atoms with Crippen LogP contribution in [0, 0.1) is 10.1 Å². The number of nitrogens with zero attached hydrogens (tertiary/aromatic N) is 1. The zero-order valence-corrected chi connectivity index (χ0v) is 17.3. The first kappa shape index (κ1) is 21.6. The maximum Gasteiger partial charge on any atom is 0.269 e. The van der Waals surface area contributed by atoms with E-state index in [0.717, 1.165) is 24.3 Å². The molecule has 0 atom stereocenters. The molecule has 11 heteroatoms. The molecule has 1 amide bonds. The number of nitrogens with one attached hydrogen (secondary N) is 2. The van der Waals surface area contributed by atoms with Crippen molar-refractivity contribution in [1.29, 1.82) is 0 Å². The maximum atomic E-state index is 12.6. The molecule has 2 N–H and O–H groups in total. The highest BCUT2D eigenvalue weighted by Gasteiger charge is 2.18. The van der Waals surface area contributed by atoms with E-state index in [1.54, 1.807) is 12.1 Å². The summed E-state index contributed by atoms with van der Waals surface area (Å²) in [5, 5.41) is 13.9. The van der Waals surface area contributed by atoms with Gasteiger partial charge in [0, 0.05) is 17.7 Å². The van der Waals surface area contributed by atoms with Gasteiger partial charge < -0.3 is 5.32 Å². The van der Waals surface area contributed by atoms with Gasteiger partial charge in [-0.1, -0.05) is 35.3 Å². The second kappa shape index (κ2) is 8.70. The van der Waals surface area contributed by atoms with Crippen LogP contribution in [0.15, 0.2) is 71.6 Å². The van der Waals surface area contributed by atoms with E-state index in [4.69, 9.17) is 23.2 Å². The summed E-state index contributed by atoms with van der Waals surface area (Å²) < 4.78 is 27.7. The van der Waals surface area contributed by atoms with Crippen LogP contribution < -0.4 is 10.0 Å². The molecule has 3 aromatic rings. The van der Waals surface area contributed by atoms with Gasteiger partial charge in [-0.15, -0.1) is 0 Å². The topological polar surface area (TPSA) is 118 Å². The number of rotatable bonds is 6. The molecule has 3 aromatic carbocycles. The summed E-state index contributed by atoms with van der Waals surface area (Å²) >= 11 is 11.8. The Labute approximate surface area is 181 Å². The summed E-state index contributed by atoms with van der Waals surface area (Å²) in [5.41, 5.74) is 0.323. The Kier molecular flexibility index (Phi) is 6.25. The first-order valence-electron chi connectivity index (χ1n) is 8.30. The molecule has 0 spiro atoms. The molecule has 0 aliphatic carbocycles. The minimum absolute atomic E-state index is 0.115. The van der Waals surface area contributed by atoms with Gasteiger partial charge in [-0.3, -0.25) is 19.6 Å². The lowest BCUT2D eigenvalue weighted by Gasteiger charge is -2.14. The molecule has 0 aliphatic heterocycles. The van der Waals surface area contributed by atoms with E-state index in [9.17, 15) is 23.3 Å². The Hall–Kier alpha value is -3.14. The van der Waals surface area contributed by atoms with E-state index in [2.05, 4.69) is 10.0 Å². The molecule has 0 fully saturated rings. The standard InChI is InChI=1S/C19H13Cl2N3O5S/c20-15-10-5-12(11-16(15)21)19(25)22-17-3-1-2-4-18(17)23-30(28,29)14-8-6-13(7-9-14)24(26)27/h1-11,23H,(H,22,25). The molecule has 154 valence electrons. The lowest BCUT2D eigenvalue weighted by atomic mass is 10.2. The highest BCUT2D eigenvalue weighted by molar-refractivity contribution is 7.92. The number of nitro groups is 1. The van der Waals surface area contributed by atoms with E-state index in [0.29, 0.717) is 5.02 Å². The maximum absolute atomic E-state index is 12.6. The Morgan fingerprint density at radius 1 is 0.900 bits per heavy atom. The zero-order valence-electron chi connectivity index (χ0n) is 15.0. The minimum atomic E-state index is -4.05. The second-order valence-electron chi connectivity index (χ2n) is 5.99. The first-order chi connectivity index (χ1) is 14.2. The smallest absolute Gasteiger partial charge is 0.269 e. The van der Waals surface area contributed by atoms with Crippen LogP contribution in [-0.4, -0.2) is 19.2 Å². The molecule has 0 aliphatic rings. The average molecular weight is 466 g/mol.